The van der Waals surface area contributed by atoms with E-state index in [1.54, 1.807) is 21.0 Å². The van der Waals surface area contributed by atoms with Gasteiger partial charge in [-0.15, -0.1) is 0 Å². The minimum absolute atomic E-state index is 0.125. The lowest BCUT2D eigenvalue weighted by Crippen LogP contribution is -2.31. The molecule has 1 fully saturated rings. The van der Waals surface area contributed by atoms with Gasteiger partial charge in [-0.3, -0.25) is 13.9 Å². The summed E-state index contributed by atoms with van der Waals surface area (Å²) >= 11 is 0. The minimum atomic E-state index is -0.264. The third-order valence-corrected chi connectivity index (χ3v) is 6.87. The molecule has 1 N–H and O–H groups in total. The summed E-state index contributed by atoms with van der Waals surface area (Å²) < 4.78 is 9.16. The van der Waals surface area contributed by atoms with Crippen LogP contribution in [0.1, 0.15) is 44.8 Å². The molecule has 0 radical (unpaired) electrons. The molecular formula is C29H29N5O3. The van der Waals surface area contributed by atoms with E-state index in [4.69, 9.17) is 15.1 Å². The molecule has 8 heteroatoms. The van der Waals surface area contributed by atoms with Gasteiger partial charge in [0.25, 0.3) is 5.91 Å². The van der Waals surface area contributed by atoms with Crippen LogP contribution in [0.15, 0.2) is 64.4 Å². The van der Waals surface area contributed by atoms with Crippen molar-refractivity contribution in [1.82, 2.24) is 14.0 Å². The SMILES string of the molecule is CC#CC(=O)N1CCC(n2c3c(n(-c4ccc(Oc5ccccc5)cc4)c2=O)C(=N)CC(CC)C=N3)C1. The number of para-hydroxylation sites is 1. The Balaban J connectivity index is 1.56. The zero-order valence-electron chi connectivity index (χ0n) is 21.0. The Hall–Kier alpha value is -4.38. The van der Waals surface area contributed by atoms with Crippen LogP contribution in [0, 0.1) is 23.2 Å². The third kappa shape index (κ3) is 4.73. The van der Waals surface area contributed by atoms with E-state index in [1.807, 2.05) is 60.8 Å². The van der Waals surface area contributed by atoms with Crippen molar-refractivity contribution in [2.75, 3.05) is 13.1 Å². The van der Waals surface area contributed by atoms with Gasteiger partial charge in [-0.05, 0) is 74.4 Å². The zero-order valence-corrected chi connectivity index (χ0v) is 21.0. The summed E-state index contributed by atoms with van der Waals surface area (Å²) in [6, 6.07) is 16.5. The average Bonchev–Trinajstić information content (AvgIpc) is 3.46. The van der Waals surface area contributed by atoms with Crippen molar-refractivity contribution in [3.05, 3.63) is 70.8 Å². The number of rotatable bonds is 5. The Bertz CT molecular complexity index is 1470. The molecule has 0 aliphatic carbocycles. The number of likely N-dealkylation sites (tertiary alicyclic amines) is 1. The number of carbonyl (C=O) groups excluding carboxylic acids is 1. The molecule has 2 atom stereocenters. The van der Waals surface area contributed by atoms with Gasteiger partial charge < -0.3 is 15.0 Å². The van der Waals surface area contributed by atoms with Gasteiger partial charge in [-0.1, -0.05) is 31.0 Å². The second-order valence-electron chi connectivity index (χ2n) is 9.27. The summed E-state index contributed by atoms with van der Waals surface area (Å²) in [5.74, 6) is 6.99. The molecule has 8 nitrogen and oxygen atoms in total. The molecule has 2 aromatic carbocycles. The second kappa shape index (κ2) is 10.3. The van der Waals surface area contributed by atoms with Crippen molar-refractivity contribution in [3.63, 3.8) is 0 Å². The third-order valence-electron chi connectivity index (χ3n) is 6.87. The van der Waals surface area contributed by atoms with E-state index in [0.717, 1.165) is 12.2 Å². The molecule has 37 heavy (non-hydrogen) atoms. The van der Waals surface area contributed by atoms with Crippen LogP contribution in [0.3, 0.4) is 0 Å². The van der Waals surface area contributed by atoms with Crippen molar-refractivity contribution in [1.29, 1.82) is 5.41 Å². The molecule has 188 valence electrons. The maximum atomic E-state index is 13.9. The first kappa shape index (κ1) is 24.3. The number of aromatic nitrogens is 2. The molecule has 3 aromatic rings. The number of nitrogens with one attached hydrogen (secondary N) is 1. The lowest BCUT2D eigenvalue weighted by molar-refractivity contribution is -0.124. The second-order valence-corrected chi connectivity index (χ2v) is 9.27. The van der Waals surface area contributed by atoms with Crippen LogP contribution in [0.4, 0.5) is 5.82 Å². The van der Waals surface area contributed by atoms with Gasteiger partial charge in [0.05, 0.1) is 17.4 Å². The van der Waals surface area contributed by atoms with Crippen molar-refractivity contribution in [2.45, 2.75) is 39.2 Å². The summed E-state index contributed by atoms with van der Waals surface area (Å²) in [5, 5.41) is 8.91. The molecule has 1 saturated heterocycles. The standard InChI is InChI=1S/C29H29N5O3/c1-3-8-26(35)32-16-15-22(19-32)34-28-27(25(30)17-20(4-2)18-31-28)33(29(34)36)21-11-13-24(14-12-21)37-23-9-6-5-7-10-23/h5-7,9-14,18,20,22,30H,4,15-17,19H2,1-2H3. The number of aliphatic imine (C=N–C) groups is 1. The molecule has 1 aromatic heterocycles. The summed E-state index contributed by atoms with van der Waals surface area (Å²) in [7, 11) is 0. The van der Waals surface area contributed by atoms with Gasteiger partial charge in [0.2, 0.25) is 0 Å². The highest BCUT2D eigenvalue weighted by Gasteiger charge is 2.34. The average molecular weight is 496 g/mol. The van der Waals surface area contributed by atoms with Crippen molar-refractivity contribution in [2.24, 2.45) is 10.9 Å². The Morgan fingerprint density at radius 2 is 1.86 bits per heavy atom. The Morgan fingerprint density at radius 1 is 1.14 bits per heavy atom. The molecule has 1 amide bonds. The fourth-order valence-corrected chi connectivity index (χ4v) is 4.92. The van der Waals surface area contributed by atoms with E-state index in [9.17, 15) is 9.59 Å². The summed E-state index contributed by atoms with van der Waals surface area (Å²) in [6.45, 7) is 4.61. The topological polar surface area (TPSA) is 92.7 Å². The monoisotopic (exact) mass is 495 g/mol. The highest BCUT2D eigenvalue weighted by Crippen LogP contribution is 2.33. The molecule has 3 heterocycles. The van der Waals surface area contributed by atoms with Crippen LogP contribution in [-0.4, -0.2) is 45.0 Å². The van der Waals surface area contributed by atoms with Crippen LogP contribution in [0.5, 0.6) is 11.5 Å². The highest BCUT2D eigenvalue weighted by molar-refractivity contribution is 6.04. The Morgan fingerprint density at radius 3 is 2.57 bits per heavy atom. The van der Waals surface area contributed by atoms with Crippen LogP contribution in [0.25, 0.3) is 5.69 Å². The van der Waals surface area contributed by atoms with Gasteiger partial charge in [0.15, 0.2) is 5.82 Å². The van der Waals surface area contributed by atoms with E-state index < -0.39 is 0 Å². The molecule has 2 unspecified atom stereocenters. The van der Waals surface area contributed by atoms with Crippen molar-refractivity contribution < 1.29 is 9.53 Å². The Kier molecular flexibility index (Phi) is 6.78. The van der Waals surface area contributed by atoms with Gasteiger partial charge >= 0.3 is 5.69 Å². The number of benzene rings is 2. The smallest absolute Gasteiger partial charge is 0.335 e. The maximum absolute atomic E-state index is 13.9. The number of imidazole rings is 1. The normalized spacial score (nSPS) is 18.6. The number of carbonyl (C=O) groups is 1. The van der Waals surface area contributed by atoms with E-state index in [1.165, 1.54) is 0 Å². The molecular weight excluding hydrogens is 466 g/mol. The lowest BCUT2D eigenvalue weighted by atomic mass is 10.00. The number of nitrogens with zero attached hydrogens (tertiary/aromatic N) is 4. The van der Waals surface area contributed by atoms with Crippen LogP contribution < -0.4 is 10.4 Å². The maximum Gasteiger partial charge on any atom is 0.335 e. The molecule has 2 aliphatic rings. The fourth-order valence-electron chi connectivity index (χ4n) is 4.92. The van der Waals surface area contributed by atoms with Gasteiger partial charge in [-0.2, -0.15) is 0 Å². The van der Waals surface area contributed by atoms with Crippen LogP contribution in [-0.2, 0) is 4.79 Å². The van der Waals surface area contributed by atoms with Gasteiger partial charge in [0.1, 0.15) is 17.2 Å². The van der Waals surface area contributed by atoms with Crippen molar-refractivity contribution >= 4 is 23.7 Å². The minimum Gasteiger partial charge on any atom is -0.457 e. The number of hydrogen-bond donors (Lipinski definition) is 1. The molecule has 2 aliphatic heterocycles. The first-order chi connectivity index (χ1) is 18.0. The largest absolute Gasteiger partial charge is 0.457 e. The summed E-state index contributed by atoms with van der Waals surface area (Å²) in [5.41, 5.74) is 1.26. The number of ether oxygens (including phenoxy) is 1. The quantitative estimate of drug-likeness (QED) is 0.519. The van der Waals surface area contributed by atoms with Gasteiger partial charge in [-0.25, -0.2) is 9.79 Å². The lowest BCUT2D eigenvalue weighted by Gasteiger charge is -2.14. The van der Waals surface area contributed by atoms with Crippen molar-refractivity contribution in [3.8, 4) is 29.0 Å². The fraction of sp³-hybridized carbons (Fsp3) is 0.310. The first-order valence-corrected chi connectivity index (χ1v) is 12.5. The number of hydrogen-bond acceptors (Lipinski definition) is 5. The number of amides is 1. The van der Waals surface area contributed by atoms with E-state index in [2.05, 4.69) is 18.8 Å². The zero-order chi connectivity index (χ0) is 25.9. The van der Waals surface area contributed by atoms with E-state index >= 15 is 0 Å². The molecule has 0 bridgehead atoms. The van der Waals surface area contributed by atoms with Gasteiger partial charge in [0, 0.05) is 19.3 Å². The Labute approximate surface area is 215 Å². The van der Waals surface area contributed by atoms with E-state index in [-0.39, 0.29) is 23.6 Å². The van der Waals surface area contributed by atoms with E-state index in [0.29, 0.717) is 54.6 Å². The van der Waals surface area contributed by atoms with Crippen LogP contribution in [0.2, 0.25) is 0 Å². The number of fused-ring (bicyclic) bond motifs is 1. The molecule has 0 spiro atoms. The predicted octanol–water partition coefficient (Wildman–Crippen LogP) is 4.73. The first-order valence-electron chi connectivity index (χ1n) is 12.5. The molecule has 0 saturated carbocycles. The predicted molar refractivity (Wildman–Crippen MR) is 144 cm³/mol. The molecule has 5 rings (SSSR count). The van der Waals surface area contributed by atoms with Crippen LogP contribution >= 0.6 is 0 Å². The summed E-state index contributed by atoms with van der Waals surface area (Å²) in [4.78, 5) is 32.7. The highest BCUT2D eigenvalue weighted by atomic mass is 16.5. The summed E-state index contributed by atoms with van der Waals surface area (Å²) in [6.07, 6.45) is 3.84.